The minimum atomic E-state index is 0.759. The molecule has 1 fully saturated rings. The van der Waals surface area contributed by atoms with Crippen molar-refractivity contribution in [3.8, 4) is 5.82 Å². The van der Waals surface area contributed by atoms with E-state index in [0.29, 0.717) is 0 Å². The number of rotatable bonds is 4. The average molecular weight is 385 g/mol. The largest absolute Gasteiger partial charge is 0.353 e. The Kier molecular flexibility index (Phi) is 4.65. The molecular formula is C22H23N7. The Hall–Kier alpha value is -3.32. The highest BCUT2D eigenvalue weighted by Gasteiger charge is 2.21. The number of pyridine rings is 1. The smallest absolute Gasteiger partial charge is 0.170 e. The minimum Gasteiger partial charge on any atom is -0.353 e. The fourth-order valence-corrected chi connectivity index (χ4v) is 3.80. The van der Waals surface area contributed by atoms with Crippen molar-refractivity contribution in [3.05, 3.63) is 72.3 Å². The fourth-order valence-electron chi connectivity index (χ4n) is 3.80. The number of piperazine rings is 1. The van der Waals surface area contributed by atoms with Crippen molar-refractivity contribution in [2.45, 2.75) is 13.5 Å². The average Bonchev–Trinajstić information content (AvgIpc) is 3.21. The molecule has 4 heterocycles. The highest BCUT2D eigenvalue weighted by molar-refractivity contribution is 5.87. The quantitative estimate of drug-likeness (QED) is 0.538. The van der Waals surface area contributed by atoms with Crippen LogP contribution in [0.1, 0.15) is 11.1 Å². The van der Waals surface area contributed by atoms with Crippen molar-refractivity contribution in [1.29, 1.82) is 0 Å². The van der Waals surface area contributed by atoms with Crippen molar-refractivity contribution >= 4 is 16.9 Å². The lowest BCUT2D eigenvalue weighted by Gasteiger charge is -2.35. The maximum absolute atomic E-state index is 4.58. The highest BCUT2D eigenvalue weighted by Crippen LogP contribution is 2.25. The molecule has 0 N–H and O–H groups in total. The molecule has 146 valence electrons. The highest BCUT2D eigenvalue weighted by atomic mass is 15.3. The van der Waals surface area contributed by atoms with Gasteiger partial charge in [0.2, 0.25) is 0 Å². The van der Waals surface area contributed by atoms with Crippen LogP contribution in [0, 0.1) is 6.92 Å². The van der Waals surface area contributed by atoms with Crippen LogP contribution in [0.2, 0.25) is 0 Å². The predicted molar refractivity (Wildman–Crippen MR) is 113 cm³/mol. The van der Waals surface area contributed by atoms with Gasteiger partial charge in [-0.1, -0.05) is 35.9 Å². The molecule has 0 radical (unpaired) electrons. The number of nitrogens with zero attached hydrogens (tertiary/aromatic N) is 7. The van der Waals surface area contributed by atoms with Gasteiger partial charge in [-0.3, -0.25) is 4.90 Å². The van der Waals surface area contributed by atoms with Crippen LogP contribution in [-0.4, -0.2) is 55.8 Å². The number of aryl methyl sites for hydroxylation is 1. The molecule has 7 nitrogen and oxygen atoms in total. The summed E-state index contributed by atoms with van der Waals surface area (Å²) < 4.78 is 1.77. The SMILES string of the molecule is Cc1ccc(CN2CCN(c3ncnc4c3cnn4-c3ccccn3)CC2)cc1. The van der Waals surface area contributed by atoms with Crippen LogP contribution in [0.25, 0.3) is 16.9 Å². The first-order chi connectivity index (χ1) is 14.3. The number of anilines is 1. The predicted octanol–water partition coefficient (Wildman–Crippen LogP) is 2.84. The van der Waals surface area contributed by atoms with Gasteiger partial charge in [-0.15, -0.1) is 0 Å². The van der Waals surface area contributed by atoms with Crippen molar-refractivity contribution < 1.29 is 0 Å². The summed E-state index contributed by atoms with van der Waals surface area (Å²) in [6.45, 7) is 7.01. The monoisotopic (exact) mass is 385 g/mol. The summed E-state index contributed by atoms with van der Waals surface area (Å²) in [6, 6.07) is 14.6. The summed E-state index contributed by atoms with van der Waals surface area (Å²) in [5.41, 5.74) is 3.46. The molecule has 5 rings (SSSR count). The van der Waals surface area contributed by atoms with Gasteiger partial charge in [0.05, 0.1) is 11.6 Å². The Morgan fingerprint density at radius 2 is 1.72 bits per heavy atom. The summed E-state index contributed by atoms with van der Waals surface area (Å²) in [7, 11) is 0. The summed E-state index contributed by atoms with van der Waals surface area (Å²) in [5, 5.41) is 5.48. The maximum atomic E-state index is 4.58. The molecule has 1 aliphatic heterocycles. The Balaban J connectivity index is 1.33. The minimum absolute atomic E-state index is 0.759. The molecule has 1 aliphatic rings. The van der Waals surface area contributed by atoms with Crippen LogP contribution >= 0.6 is 0 Å². The second-order valence-corrected chi connectivity index (χ2v) is 7.43. The molecule has 0 spiro atoms. The van der Waals surface area contributed by atoms with E-state index in [1.807, 2.05) is 24.4 Å². The van der Waals surface area contributed by atoms with Gasteiger partial charge < -0.3 is 4.90 Å². The van der Waals surface area contributed by atoms with Crippen LogP contribution in [0.4, 0.5) is 5.82 Å². The van der Waals surface area contributed by atoms with Crippen LogP contribution in [0.15, 0.2) is 61.2 Å². The van der Waals surface area contributed by atoms with E-state index in [0.717, 1.165) is 55.4 Å². The van der Waals surface area contributed by atoms with Crippen molar-refractivity contribution in [2.75, 3.05) is 31.1 Å². The van der Waals surface area contributed by atoms with E-state index in [4.69, 9.17) is 0 Å². The van der Waals surface area contributed by atoms with Gasteiger partial charge in [-0.05, 0) is 24.6 Å². The molecule has 29 heavy (non-hydrogen) atoms. The van der Waals surface area contributed by atoms with Crippen LogP contribution < -0.4 is 4.90 Å². The number of fused-ring (bicyclic) bond motifs is 1. The molecule has 7 heteroatoms. The molecule has 1 saturated heterocycles. The van der Waals surface area contributed by atoms with E-state index >= 15 is 0 Å². The van der Waals surface area contributed by atoms with E-state index in [-0.39, 0.29) is 0 Å². The first-order valence-corrected chi connectivity index (χ1v) is 9.91. The lowest BCUT2D eigenvalue weighted by atomic mass is 10.1. The Labute approximate surface area is 169 Å². The first kappa shape index (κ1) is 17.8. The van der Waals surface area contributed by atoms with Gasteiger partial charge in [0.1, 0.15) is 12.1 Å². The third kappa shape index (κ3) is 3.56. The van der Waals surface area contributed by atoms with Crippen LogP contribution in [-0.2, 0) is 6.54 Å². The van der Waals surface area contributed by atoms with Gasteiger partial charge in [-0.2, -0.15) is 9.78 Å². The second kappa shape index (κ2) is 7.60. The number of hydrogen-bond donors (Lipinski definition) is 0. The third-order valence-electron chi connectivity index (χ3n) is 5.41. The van der Waals surface area contributed by atoms with E-state index in [1.54, 1.807) is 17.2 Å². The van der Waals surface area contributed by atoms with Gasteiger partial charge >= 0.3 is 0 Å². The lowest BCUT2D eigenvalue weighted by Crippen LogP contribution is -2.46. The fraction of sp³-hybridized carbons (Fsp3) is 0.273. The topological polar surface area (TPSA) is 63.0 Å². The number of aromatic nitrogens is 5. The van der Waals surface area contributed by atoms with Crippen LogP contribution in [0.5, 0.6) is 0 Å². The maximum Gasteiger partial charge on any atom is 0.170 e. The van der Waals surface area contributed by atoms with Gasteiger partial charge in [0, 0.05) is 38.9 Å². The van der Waals surface area contributed by atoms with Crippen molar-refractivity contribution in [3.63, 3.8) is 0 Å². The van der Waals surface area contributed by atoms with Crippen LogP contribution in [0.3, 0.4) is 0 Å². The van der Waals surface area contributed by atoms with E-state index in [2.05, 4.69) is 61.0 Å². The Bertz CT molecular complexity index is 1100. The molecule has 0 amide bonds. The zero-order valence-electron chi connectivity index (χ0n) is 16.4. The molecule has 0 unspecified atom stereocenters. The zero-order valence-corrected chi connectivity index (χ0v) is 16.4. The number of hydrogen-bond acceptors (Lipinski definition) is 6. The Morgan fingerprint density at radius 1 is 0.897 bits per heavy atom. The summed E-state index contributed by atoms with van der Waals surface area (Å²) in [4.78, 5) is 18.3. The summed E-state index contributed by atoms with van der Waals surface area (Å²) >= 11 is 0. The first-order valence-electron chi connectivity index (χ1n) is 9.91. The van der Waals surface area contributed by atoms with Gasteiger partial charge in [-0.25, -0.2) is 15.0 Å². The molecule has 3 aromatic heterocycles. The third-order valence-corrected chi connectivity index (χ3v) is 5.41. The normalized spacial score (nSPS) is 15.1. The van der Waals surface area contributed by atoms with E-state index in [9.17, 15) is 0 Å². The second-order valence-electron chi connectivity index (χ2n) is 7.43. The molecule has 0 saturated carbocycles. The Morgan fingerprint density at radius 3 is 2.48 bits per heavy atom. The summed E-state index contributed by atoms with van der Waals surface area (Å²) in [5.74, 6) is 1.71. The number of benzene rings is 1. The molecule has 0 aliphatic carbocycles. The molecule has 1 aromatic carbocycles. The molecule has 0 bridgehead atoms. The van der Waals surface area contributed by atoms with E-state index in [1.165, 1.54) is 11.1 Å². The standard InChI is InChI=1S/C22H23N7/c1-17-5-7-18(8-6-17)15-27-10-12-28(13-11-27)21-19-14-26-29(22(19)25-16-24-21)20-4-2-3-9-23-20/h2-9,14,16H,10-13,15H2,1H3. The van der Waals surface area contributed by atoms with Gasteiger partial charge in [0.15, 0.2) is 11.5 Å². The lowest BCUT2D eigenvalue weighted by molar-refractivity contribution is 0.249. The van der Waals surface area contributed by atoms with Crippen molar-refractivity contribution in [2.24, 2.45) is 0 Å². The summed E-state index contributed by atoms with van der Waals surface area (Å²) in [6.07, 6.45) is 5.23. The molecular weight excluding hydrogens is 362 g/mol. The molecule has 4 aromatic rings. The van der Waals surface area contributed by atoms with Crippen molar-refractivity contribution in [1.82, 2.24) is 29.6 Å². The van der Waals surface area contributed by atoms with Gasteiger partial charge in [0.25, 0.3) is 0 Å². The molecule has 0 atom stereocenters. The zero-order chi connectivity index (χ0) is 19.6. The van der Waals surface area contributed by atoms with E-state index < -0.39 is 0 Å².